The summed E-state index contributed by atoms with van der Waals surface area (Å²) in [5.41, 5.74) is 14.7. The Bertz CT molecular complexity index is 1090. The predicted molar refractivity (Wildman–Crippen MR) is 120 cm³/mol. The molecule has 0 aromatic carbocycles. The van der Waals surface area contributed by atoms with E-state index >= 15 is 0 Å². The van der Waals surface area contributed by atoms with E-state index in [9.17, 15) is 4.79 Å². The summed E-state index contributed by atoms with van der Waals surface area (Å²) in [5, 5.41) is 2.92. The van der Waals surface area contributed by atoms with Crippen LogP contribution < -0.4 is 26.4 Å². The van der Waals surface area contributed by atoms with E-state index in [1.807, 2.05) is 19.9 Å². The number of hydrogen-bond acceptors (Lipinski definition) is 8. The number of amides is 1. The average Bonchev–Trinajstić information content (AvgIpc) is 3.02. The summed E-state index contributed by atoms with van der Waals surface area (Å²) in [6.07, 6.45) is 5.85. The topological polar surface area (TPSA) is 133 Å². The van der Waals surface area contributed by atoms with Gasteiger partial charge in [0.25, 0.3) is 5.91 Å². The maximum Gasteiger partial charge on any atom is 0.263 e. The van der Waals surface area contributed by atoms with Gasteiger partial charge in [0.15, 0.2) is 5.58 Å². The number of carbonyl (C=O) groups excluding carboxylic acids is 1. The molecule has 0 spiro atoms. The SMILES string of the molecule is CC(C)Oc1cnc2c(C(=O)Nc3cnccc3N3C[C@H](C)C[C@H](N)C3)c(N)oc2c1. The van der Waals surface area contributed by atoms with Gasteiger partial charge in [-0.2, -0.15) is 0 Å². The molecule has 1 amide bonds. The molecule has 31 heavy (non-hydrogen) atoms. The molecule has 9 nitrogen and oxygen atoms in total. The highest BCUT2D eigenvalue weighted by Gasteiger charge is 2.26. The van der Waals surface area contributed by atoms with Gasteiger partial charge in [-0.3, -0.25) is 9.78 Å². The Morgan fingerprint density at radius 1 is 1.35 bits per heavy atom. The second-order valence-electron chi connectivity index (χ2n) is 8.38. The van der Waals surface area contributed by atoms with Crippen molar-refractivity contribution in [3.8, 4) is 5.75 Å². The minimum absolute atomic E-state index is 0.000698. The van der Waals surface area contributed by atoms with Crippen LogP contribution in [0.15, 0.2) is 35.1 Å². The number of aromatic nitrogens is 2. The van der Waals surface area contributed by atoms with E-state index in [4.69, 9.17) is 20.6 Å². The number of nitrogens with one attached hydrogen (secondary N) is 1. The average molecular weight is 425 g/mol. The third-order valence-electron chi connectivity index (χ3n) is 5.21. The molecule has 1 fully saturated rings. The van der Waals surface area contributed by atoms with Crippen LogP contribution in [-0.2, 0) is 0 Å². The standard InChI is InChI=1S/C22H28N6O3/c1-12(2)30-15-7-18-20(26-8-15)19(21(24)31-18)22(29)27-16-9-25-5-4-17(16)28-10-13(3)6-14(23)11-28/h4-5,7-9,12-14H,6,10-11,23-24H2,1-3H3,(H,27,29)/t13-,14+/m1/s1. The van der Waals surface area contributed by atoms with Crippen molar-refractivity contribution in [3.05, 3.63) is 36.3 Å². The molecule has 1 aliphatic rings. The van der Waals surface area contributed by atoms with E-state index in [0.717, 1.165) is 18.7 Å². The summed E-state index contributed by atoms with van der Waals surface area (Å²) < 4.78 is 11.2. The number of nitrogen functional groups attached to an aromatic ring is 1. The van der Waals surface area contributed by atoms with Crippen molar-refractivity contribution in [1.82, 2.24) is 9.97 Å². The Morgan fingerprint density at radius 3 is 2.90 bits per heavy atom. The third-order valence-corrected chi connectivity index (χ3v) is 5.21. The van der Waals surface area contributed by atoms with Crippen molar-refractivity contribution in [2.45, 2.75) is 39.3 Å². The number of pyridine rings is 2. The number of furan rings is 1. The zero-order valence-corrected chi connectivity index (χ0v) is 18.0. The van der Waals surface area contributed by atoms with Gasteiger partial charge in [-0.15, -0.1) is 0 Å². The first-order chi connectivity index (χ1) is 14.8. The molecule has 5 N–H and O–H groups in total. The molecule has 0 saturated carbocycles. The van der Waals surface area contributed by atoms with E-state index in [0.29, 0.717) is 35.0 Å². The van der Waals surface area contributed by atoms with Crippen LogP contribution in [0, 0.1) is 5.92 Å². The molecule has 0 bridgehead atoms. The van der Waals surface area contributed by atoms with Crippen LogP contribution in [0.2, 0.25) is 0 Å². The predicted octanol–water partition coefficient (Wildman–Crippen LogP) is 3.02. The molecule has 0 aliphatic carbocycles. The van der Waals surface area contributed by atoms with E-state index in [-0.39, 0.29) is 23.6 Å². The van der Waals surface area contributed by atoms with Gasteiger partial charge in [0.1, 0.15) is 16.8 Å². The summed E-state index contributed by atoms with van der Waals surface area (Å²) in [6, 6.07) is 3.65. The van der Waals surface area contributed by atoms with Crippen LogP contribution in [0.5, 0.6) is 5.75 Å². The third kappa shape index (κ3) is 4.41. The van der Waals surface area contributed by atoms with Gasteiger partial charge >= 0.3 is 0 Å². The molecule has 4 rings (SSSR count). The quantitative estimate of drug-likeness (QED) is 0.569. The Hall–Kier alpha value is -3.33. The van der Waals surface area contributed by atoms with Gasteiger partial charge in [0.2, 0.25) is 5.88 Å². The summed E-state index contributed by atoms with van der Waals surface area (Å²) >= 11 is 0. The van der Waals surface area contributed by atoms with Crippen molar-refractivity contribution < 1.29 is 13.9 Å². The highest BCUT2D eigenvalue weighted by atomic mass is 16.5. The maximum absolute atomic E-state index is 13.1. The van der Waals surface area contributed by atoms with Crippen molar-refractivity contribution in [2.24, 2.45) is 11.7 Å². The van der Waals surface area contributed by atoms with Crippen molar-refractivity contribution in [3.63, 3.8) is 0 Å². The molecule has 4 heterocycles. The first kappa shape index (κ1) is 20.9. The van der Waals surface area contributed by atoms with Crippen molar-refractivity contribution in [2.75, 3.05) is 29.0 Å². The molecule has 3 aromatic rings. The number of nitrogens with two attached hydrogens (primary N) is 2. The number of anilines is 3. The highest BCUT2D eigenvalue weighted by Crippen LogP contribution is 2.32. The smallest absolute Gasteiger partial charge is 0.263 e. The van der Waals surface area contributed by atoms with Crippen LogP contribution in [-0.4, -0.2) is 41.1 Å². The van der Waals surface area contributed by atoms with Gasteiger partial charge in [-0.05, 0) is 32.3 Å². The molecule has 3 aromatic heterocycles. The lowest BCUT2D eigenvalue weighted by atomic mass is 9.96. The molecule has 1 saturated heterocycles. The summed E-state index contributed by atoms with van der Waals surface area (Å²) in [4.78, 5) is 23.8. The van der Waals surface area contributed by atoms with Crippen LogP contribution >= 0.6 is 0 Å². The molecule has 2 atom stereocenters. The number of fused-ring (bicyclic) bond motifs is 1. The second kappa shape index (κ2) is 8.43. The number of carbonyl (C=O) groups is 1. The van der Waals surface area contributed by atoms with Crippen LogP contribution in [0.3, 0.4) is 0 Å². The molecular formula is C22H28N6O3. The second-order valence-corrected chi connectivity index (χ2v) is 8.38. The molecule has 164 valence electrons. The van der Waals surface area contributed by atoms with E-state index in [1.54, 1.807) is 24.7 Å². The lowest BCUT2D eigenvalue weighted by Crippen LogP contribution is -2.46. The monoisotopic (exact) mass is 424 g/mol. The fraction of sp³-hybridized carbons (Fsp3) is 0.409. The fourth-order valence-corrected chi connectivity index (χ4v) is 4.07. The number of piperidine rings is 1. The lowest BCUT2D eigenvalue weighted by molar-refractivity contribution is 0.102. The van der Waals surface area contributed by atoms with Gasteiger partial charge in [-0.1, -0.05) is 6.92 Å². The molecule has 0 radical (unpaired) electrons. The Morgan fingerprint density at radius 2 is 2.16 bits per heavy atom. The minimum atomic E-state index is -0.412. The van der Waals surface area contributed by atoms with Gasteiger partial charge < -0.3 is 30.8 Å². The molecule has 9 heteroatoms. The van der Waals surface area contributed by atoms with Gasteiger partial charge in [0.05, 0.1) is 29.9 Å². The van der Waals surface area contributed by atoms with E-state index < -0.39 is 5.91 Å². The molecular weight excluding hydrogens is 396 g/mol. The van der Waals surface area contributed by atoms with E-state index in [2.05, 4.69) is 27.1 Å². The van der Waals surface area contributed by atoms with Crippen molar-refractivity contribution in [1.29, 1.82) is 0 Å². The first-order valence-electron chi connectivity index (χ1n) is 10.4. The van der Waals surface area contributed by atoms with E-state index in [1.165, 1.54) is 0 Å². The summed E-state index contributed by atoms with van der Waals surface area (Å²) in [6.45, 7) is 7.58. The number of rotatable bonds is 5. The number of hydrogen-bond donors (Lipinski definition) is 3. The minimum Gasteiger partial charge on any atom is -0.489 e. The van der Waals surface area contributed by atoms with Crippen molar-refractivity contribution >= 4 is 34.3 Å². The first-order valence-corrected chi connectivity index (χ1v) is 10.4. The van der Waals surface area contributed by atoms with Crippen LogP contribution in [0.1, 0.15) is 37.6 Å². The fourth-order valence-electron chi connectivity index (χ4n) is 4.07. The Balaban J connectivity index is 1.62. The Kier molecular flexibility index (Phi) is 5.69. The number of nitrogens with zero attached hydrogens (tertiary/aromatic N) is 3. The Labute approximate surface area is 180 Å². The van der Waals surface area contributed by atoms with Gasteiger partial charge in [0, 0.05) is 31.4 Å². The summed E-state index contributed by atoms with van der Waals surface area (Å²) in [5.74, 6) is 0.597. The zero-order chi connectivity index (χ0) is 22.1. The maximum atomic E-state index is 13.1. The normalized spacial score (nSPS) is 19.1. The zero-order valence-electron chi connectivity index (χ0n) is 18.0. The van der Waals surface area contributed by atoms with Crippen LogP contribution in [0.25, 0.3) is 11.1 Å². The number of ether oxygens (including phenoxy) is 1. The molecule has 1 aliphatic heterocycles. The highest BCUT2D eigenvalue weighted by molar-refractivity contribution is 6.15. The summed E-state index contributed by atoms with van der Waals surface area (Å²) in [7, 11) is 0. The lowest BCUT2D eigenvalue weighted by Gasteiger charge is -2.37. The van der Waals surface area contributed by atoms with Gasteiger partial charge in [-0.25, -0.2) is 4.98 Å². The largest absolute Gasteiger partial charge is 0.489 e. The molecule has 0 unspecified atom stereocenters. The van der Waals surface area contributed by atoms with Crippen LogP contribution in [0.4, 0.5) is 17.3 Å².